The van der Waals surface area contributed by atoms with Gasteiger partial charge < -0.3 is 15.4 Å². The summed E-state index contributed by atoms with van der Waals surface area (Å²) in [4.78, 5) is 35.3. The molecule has 0 aliphatic carbocycles. The number of esters is 1. The van der Waals surface area contributed by atoms with Gasteiger partial charge in [-0.2, -0.15) is 0 Å². The molecule has 0 bridgehead atoms. The number of ether oxygens (including phenoxy) is 1. The zero-order chi connectivity index (χ0) is 19.6. The van der Waals surface area contributed by atoms with Crippen LogP contribution in [0.3, 0.4) is 0 Å². The molecule has 2 rings (SSSR count). The van der Waals surface area contributed by atoms with E-state index >= 15 is 0 Å². The summed E-state index contributed by atoms with van der Waals surface area (Å²) in [5.74, 6) is -1.24. The lowest BCUT2D eigenvalue weighted by Crippen LogP contribution is -2.25. The summed E-state index contributed by atoms with van der Waals surface area (Å²) in [7, 11) is 0. The van der Waals surface area contributed by atoms with E-state index in [9.17, 15) is 14.4 Å². The summed E-state index contributed by atoms with van der Waals surface area (Å²) in [6.07, 6.45) is -0.0536. The Kier molecular flexibility index (Phi) is 7.55. The van der Waals surface area contributed by atoms with Gasteiger partial charge in [0.2, 0.25) is 5.91 Å². The number of anilines is 1. The van der Waals surface area contributed by atoms with Gasteiger partial charge in [0.1, 0.15) is 0 Å². The van der Waals surface area contributed by atoms with Gasteiger partial charge in [0.15, 0.2) is 6.61 Å². The van der Waals surface area contributed by atoms with Crippen molar-refractivity contribution in [1.29, 1.82) is 0 Å². The molecule has 0 radical (unpaired) electrons. The molecule has 27 heavy (non-hydrogen) atoms. The van der Waals surface area contributed by atoms with E-state index in [1.54, 1.807) is 6.07 Å². The Bertz CT molecular complexity index is 803. The van der Waals surface area contributed by atoms with Gasteiger partial charge in [-0.1, -0.05) is 36.4 Å². The zero-order valence-corrected chi connectivity index (χ0v) is 15.6. The van der Waals surface area contributed by atoms with Crippen LogP contribution in [0.1, 0.15) is 29.5 Å². The second-order valence-corrected chi connectivity index (χ2v) is 6.27. The van der Waals surface area contributed by atoms with Crippen molar-refractivity contribution >= 4 is 23.5 Å². The molecular weight excluding hydrogens is 344 g/mol. The largest absolute Gasteiger partial charge is 0.456 e. The molecule has 0 unspecified atom stereocenters. The minimum absolute atomic E-state index is 0.0183. The molecule has 2 aromatic rings. The predicted molar refractivity (Wildman–Crippen MR) is 103 cm³/mol. The lowest BCUT2D eigenvalue weighted by atomic mass is 10.1. The Hall–Kier alpha value is -3.15. The predicted octanol–water partition coefficient (Wildman–Crippen LogP) is 2.88. The van der Waals surface area contributed by atoms with Crippen LogP contribution in [-0.2, 0) is 25.7 Å². The summed E-state index contributed by atoms with van der Waals surface area (Å²) in [6.45, 7) is 3.97. The molecule has 0 aliphatic rings. The van der Waals surface area contributed by atoms with Crippen molar-refractivity contribution in [2.24, 2.45) is 0 Å². The van der Waals surface area contributed by atoms with Crippen molar-refractivity contribution in [1.82, 2.24) is 5.32 Å². The van der Waals surface area contributed by atoms with Crippen LogP contribution >= 0.6 is 0 Å². The highest BCUT2D eigenvalue weighted by Gasteiger charge is 2.11. The van der Waals surface area contributed by atoms with Crippen LogP contribution in [0.2, 0.25) is 0 Å². The number of aryl methyl sites for hydroxylation is 2. The minimum atomic E-state index is -0.583. The second kappa shape index (κ2) is 10.1. The van der Waals surface area contributed by atoms with Crippen LogP contribution in [-0.4, -0.2) is 24.4 Å². The average Bonchev–Trinajstić information content (AvgIpc) is 2.67. The monoisotopic (exact) mass is 368 g/mol. The van der Waals surface area contributed by atoms with Crippen LogP contribution in [0.4, 0.5) is 5.69 Å². The molecule has 0 saturated heterocycles. The van der Waals surface area contributed by atoms with E-state index in [0.29, 0.717) is 12.2 Å². The van der Waals surface area contributed by atoms with Gasteiger partial charge in [-0.15, -0.1) is 0 Å². The summed E-state index contributed by atoms with van der Waals surface area (Å²) in [5, 5.41) is 5.41. The van der Waals surface area contributed by atoms with Crippen LogP contribution < -0.4 is 10.6 Å². The SMILES string of the molecule is Cc1ccc(NC(=O)COC(=O)CCC(=O)NCc2ccccc2)cc1C. The lowest BCUT2D eigenvalue weighted by molar-refractivity contribution is -0.148. The van der Waals surface area contributed by atoms with Crippen molar-refractivity contribution < 1.29 is 19.1 Å². The standard InChI is InChI=1S/C21H24N2O4/c1-15-8-9-18(12-16(15)2)23-20(25)14-27-21(26)11-10-19(24)22-13-17-6-4-3-5-7-17/h3-9,12H,10-11,13-14H2,1-2H3,(H,22,24)(H,23,25). The summed E-state index contributed by atoms with van der Waals surface area (Å²) in [6, 6.07) is 15.0. The first-order valence-corrected chi connectivity index (χ1v) is 8.77. The normalized spacial score (nSPS) is 10.1. The van der Waals surface area contributed by atoms with E-state index < -0.39 is 11.9 Å². The molecule has 6 heteroatoms. The van der Waals surface area contributed by atoms with Crippen molar-refractivity contribution in [3.63, 3.8) is 0 Å². The summed E-state index contributed by atoms with van der Waals surface area (Å²) < 4.78 is 4.91. The fourth-order valence-corrected chi connectivity index (χ4v) is 2.33. The molecule has 142 valence electrons. The van der Waals surface area contributed by atoms with Crippen LogP contribution in [0, 0.1) is 13.8 Å². The number of nitrogens with one attached hydrogen (secondary N) is 2. The number of carbonyl (C=O) groups is 3. The van der Waals surface area contributed by atoms with E-state index in [-0.39, 0.29) is 25.4 Å². The number of amides is 2. The molecule has 0 saturated carbocycles. The van der Waals surface area contributed by atoms with Crippen LogP contribution in [0.5, 0.6) is 0 Å². The summed E-state index contributed by atoms with van der Waals surface area (Å²) >= 11 is 0. The Morgan fingerprint density at radius 2 is 1.63 bits per heavy atom. The van der Waals surface area contributed by atoms with Crippen molar-refractivity contribution in [3.05, 3.63) is 65.2 Å². The van der Waals surface area contributed by atoms with Crippen molar-refractivity contribution in [2.45, 2.75) is 33.2 Å². The first-order valence-electron chi connectivity index (χ1n) is 8.77. The van der Waals surface area contributed by atoms with Crippen molar-refractivity contribution in [2.75, 3.05) is 11.9 Å². The van der Waals surface area contributed by atoms with Gasteiger partial charge in [0, 0.05) is 18.7 Å². The Labute approximate surface area is 158 Å². The van der Waals surface area contributed by atoms with Crippen LogP contribution in [0.25, 0.3) is 0 Å². The molecule has 2 amide bonds. The lowest BCUT2D eigenvalue weighted by Gasteiger charge is -2.08. The molecule has 0 heterocycles. The first kappa shape index (κ1) is 20.2. The molecule has 0 fully saturated rings. The number of rotatable bonds is 8. The third-order valence-electron chi connectivity index (χ3n) is 4.04. The molecule has 0 atom stereocenters. The molecule has 0 aromatic heterocycles. The van der Waals surface area contributed by atoms with E-state index in [1.807, 2.05) is 56.3 Å². The van der Waals surface area contributed by atoms with E-state index in [0.717, 1.165) is 16.7 Å². The van der Waals surface area contributed by atoms with Gasteiger partial charge >= 0.3 is 5.97 Å². The van der Waals surface area contributed by atoms with Gasteiger partial charge in [-0.25, -0.2) is 0 Å². The molecule has 2 aromatic carbocycles. The van der Waals surface area contributed by atoms with E-state index in [4.69, 9.17) is 4.74 Å². The highest BCUT2D eigenvalue weighted by atomic mass is 16.5. The minimum Gasteiger partial charge on any atom is -0.456 e. The van der Waals surface area contributed by atoms with Crippen LogP contribution in [0.15, 0.2) is 48.5 Å². The van der Waals surface area contributed by atoms with Crippen molar-refractivity contribution in [3.8, 4) is 0 Å². The summed E-state index contributed by atoms with van der Waals surface area (Å²) in [5.41, 5.74) is 3.83. The maximum absolute atomic E-state index is 11.8. The Balaban J connectivity index is 1.64. The van der Waals surface area contributed by atoms with E-state index in [2.05, 4.69) is 10.6 Å². The Morgan fingerprint density at radius 3 is 2.33 bits per heavy atom. The zero-order valence-electron chi connectivity index (χ0n) is 15.6. The molecule has 0 spiro atoms. The van der Waals surface area contributed by atoms with E-state index in [1.165, 1.54) is 0 Å². The maximum Gasteiger partial charge on any atom is 0.306 e. The van der Waals surface area contributed by atoms with Gasteiger partial charge in [-0.05, 0) is 42.7 Å². The van der Waals surface area contributed by atoms with Gasteiger partial charge in [0.05, 0.1) is 6.42 Å². The topological polar surface area (TPSA) is 84.5 Å². The number of benzene rings is 2. The smallest absolute Gasteiger partial charge is 0.306 e. The molecular formula is C21H24N2O4. The quantitative estimate of drug-likeness (QED) is 0.702. The van der Waals surface area contributed by atoms with Gasteiger partial charge in [-0.3, -0.25) is 14.4 Å². The third kappa shape index (κ3) is 7.32. The average molecular weight is 368 g/mol. The maximum atomic E-state index is 11.8. The highest BCUT2D eigenvalue weighted by molar-refractivity contribution is 5.93. The highest BCUT2D eigenvalue weighted by Crippen LogP contribution is 2.14. The molecule has 6 nitrogen and oxygen atoms in total. The number of hydrogen-bond donors (Lipinski definition) is 2. The third-order valence-corrected chi connectivity index (χ3v) is 4.04. The molecule has 0 aliphatic heterocycles. The molecule has 2 N–H and O–H groups in total. The number of carbonyl (C=O) groups excluding carboxylic acids is 3. The Morgan fingerprint density at radius 1 is 0.889 bits per heavy atom. The fraction of sp³-hybridized carbons (Fsp3) is 0.286. The first-order chi connectivity index (χ1) is 12.9. The fourth-order valence-electron chi connectivity index (χ4n) is 2.33. The van der Waals surface area contributed by atoms with Gasteiger partial charge in [0.25, 0.3) is 5.91 Å². The number of hydrogen-bond acceptors (Lipinski definition) is 4. The second-order valence-electron chi connectivity index (χ2n) is 6.27.